The van der Waals surface area contributed by atoms with Crippen molar-refractivity contribution in [1.29, 1.82) is 0 Å². The van der Waals surface area contributed by atoms with Gasteiger partial charge < -0.3 is 19.5 Å². The number of hydrogen-bond donors (Lipinski definition) is 1. The van der Waals surface area contributed by atoms with E-state index >= 15 is 0 Å². The van der Waals surface area contributed by atoms with Crippen molar-refractivity contribution in [3.05, 3.63) is 68.9 Å². The van der Waals surface area contributed by atoms with Crippen LogP contribution in [0.25, 0.3) is 0 Å². The summed E-state index contributed by atoms with van der Waals surface area (Å²) in [5.41, 5.74) is 0.913. The molecule has 0 spiro atoms. The van der Waals surface area contributed by atoms with E-state index in [-0.39, 0.29) is 17.3 Å². The van der Waals surface area contributed by atoms with Crippen LogP contribution in [-0.4, -0.2) is 30.6 Å². The molecule has 162 valence electrons. The lowest BCUT2D eigenvalue weighted by atomic mass is 10.3. The Bertz CT molecular complexity index is 1090. The van der Waals surface area contributed by atoms with Gasteiger partial charge in [-0.2, -0.15) is 0 Å². The maximum absolute atomic E-state index is 12.9. The highest BCUT2D eigenvalue weighted by molar-refractivity contribution is 7.13. The minimum absolute atomic E-state index is 0.114. The standard InChI is InChI=1S/C21H18ClFN2O5S/c1-12-20(31-19(24-12)11-29-15-6-3-13(23)4-7-15)21(27)30-10-18(26)25-14-5-8-17(28-2)16(22)9-14/h3-9H,10-11H2,1-2H3,(H,25,26). The molecule has 0 aliphatic rings. The molecule has 0 fully saturated rings. The number of aryl methyl sites for hydroxylation is 1. The van der Waals surface area contributed by atoms with Gasteiger partial charge in [-0.3, -0.25) is 4.79 Å². The van der Waals surface area contributed by atoms with Crippen LogP contribution in [0.3, 0.4) is 0 Å². The average molecular weight is 465 g/mol. The van der Waals surface area contributed by atoms with E-state index in [4.69, 9.17) is 25.8 Å². The highest BCUT2D eigenvalue weighted by atomic mass is 35.5. The van der Waals surface area contributed by atoms with Crippen molar-refractivity contribution in [2.75, 3.05) is 19.0 Å². The minimum atomic E-state index is -0.661. The number of esters is 1. The molecule has 0 saturated heterocycles. The Balaban J connectivity index is 1.52. The summed E-state index contributed by atoms with van der Waals surface area (Å²) in [4.78, 5) is 29.0. The Hall–Kier alpha value is -3.17. The van der Waals surface area contributed by atoms with Gasteiger partial charge in [-0.1, -0.05) is 11.6 Å². The monoisotopic (exact) mass is 464 g/mol. The molecule has 0 aliphatic carbocycles. The van der Waals surface area contributed by atoms with Crippen LogP contribution in [0.15, 0.2) is 42.5 Å². The molecule has 31 heavy (non-hydrogen) atoms. The van der Waals surface area contributed by atoms with E-state index in [9.17, 15) is 14.0 Å². The van der Waals surface area contributed by atoms with Crippen LogP contribution in [0.4, 0.5) is 10.1 Å². The summed E-state index contributed by atoms with van der Waals surface area (Å²) in [6.07, 6.45) is 0. The van der Waals surface area contributed by atoms with Crippen molar-refractivity contribution in [3.8, 4) is 11.5 Å². The molecule has 0 bridgehead atoms. The molecule has 0 atom stereocenters. The van der Waals surface area contributed by atoms with E-state index in [1.165, 1.54) is 37.4 Å². The van der Waals surface area contributed by atoms with Gasteiger partial charge in [0.1, 0.15) is 33.8 Å². The number of ether oxygens (including phenoxy) is 3. The van der Waals surface area contributed by atoms with Gasteiger partial charge >= 0.3 is 5.97 Å². The molecule has 1 heterocycles. The Kier molecular flexibility index (Phi) is 7.43. The van der Waals surface area contributed by atoms with E-state index in [1.807, 2.05) is 0 Å². The Morgan fingerprint density at radius 3 is 2.61 bits per heavy atom. The Morgan fingerprint density at radius 2 is 1.94 bits per heavy atom. The van der Waals surface area contributed by atoms with Gasteiger partial charge in [0.15, 0.2) is 6.61 Å². The van der Waals surface area contributed by atoms with Crippen LogP contribution in [0.5, 0.6) is 11.5 Å². The predicted molar refractivity (Wildman–Crippen MR) is 114 cm³/mol. The number of hydrogen-bond acceptors (Lipinski definition) is 7. The van der Waals surface area contributed by atoms with Crippen molar-refractivity contribution < 1.29 is 28.2 Å². The summed E-state index contributed by atoms with van der Waals surface area (Å²) < 4.78 is 28.6. The second-order valence-corrected chi connectivity index (χ2v) is 7.73. The molecule has 3 aromatic rings. The topological polar surface area (TPSA) is 86.8 Å². The van der Waals surface area contributed by atoms with Gasteiger partial charge in [-0.05, 0) is 49.4 Å². The second-order valence-electron chi connectivity index (χ2n) is 6.24. The van der Waals surface area contributed by atoms with Crippen LogP contribution >= 0.6 is 22.9 Å². The van der Waals surface area contributed by atoms with Crippen molar-refractivity contribution >= 4 is 40.5 Å². The van der Waals surface area contributed by atoms with Crippen LogP contribution in [0.2, 0.25) is 5.02 Å². The normalized spacial score (nSPS) is 10.5. The Morgan fingerprint density at radius 1 is 1.19 bits per heavy atom. The van der Waals surface area contributed by atoms with Crippen LogP contribution in [0, 0.1) is 12.7 Å². The van der Waals surface area contributed by atoms with Crippen molar-refractivity contribution in [2.45, 2.75) is 13.5 Å². The summed E-state index contributed by atoms with van der Waals surface area (Å²) >= 11 is 7.12. The SMILES string of the molecule is COc1ccc(NC(=O)COC(=O)c2sc(COc3ccc(F)cc3)nc2C)cc1Cl. The molecular weight excluding hydrogens is 447 g/mol. The first-order valence-electron chi connectivity index (χ1n) is 9.01. The third kappa shape index (κ3) is 6.16. The third-order valence-corrected chi connectivity index (χ3v) is 5.38. The highest BCUT2D eigenvalue weighted by Crippen LogP contribution is 2.27. The number of carbonyl (C=O) groups excluding carboxylic acids is 2. The number of nitrogens with zero attached hydrogens (tertiary/aromatic N) is 1. The van der Waals surface area contributed by atoms with Crippen molar-refractivity contribution in [3.63, 3.8) is 0 Å². The molecule has 2 aromatic carbocycles. The lowest BCUT2D eigenvalue weighted by Crippen LogP contribution is -2.20. The number of amides is 1. The zero-order valence-corrected chi connectivity index (χ0v) is 18.2. The average Bonchev–Trinajstić information content (AvgIpc) is 3.12. The fourth-order valence-electron chi connectivity index (χ4n) is 2.52. The lowest BCUT2D eigenvalue weighted by molar-refractivity contribution is -0.119. The summed E-state index contributed by atoms with van der Waals surface area (Å²) in [6, 6.07) is 10.3. The number of carbonyl (C=O) groups is 2. The van der Waals surface area contributed by atoms with Crippen LogP contribution < -0.4 is 14.8 Å². The second kappa shape index (κ2) is 10.2. The number of methoxy groups -OCH3 is 1. The van der Waals surface area contributed by atoms with Gasteiger partial charge in [0.05, 0.1) is 17.8 Å². The molecular formula is C21H18ClFN2O5S. The highest BCUT2D eigenvalue weighted by Gasteiger charge is 2.18. The zero-order valence-electron chi connectivity index (χ0n) is 16.6. The van der Waals surface area contributed by atoms with Gasteiger partial charge in [-0.15, -0.1) is 11.3 Å². The summed E-state index contributed by atoms with van der Waals surface area (Å²) in [5.74, 6) is -0.580. The molecule has 1 aromatic heterocycles. The third-order valence-electron chi connectivity index (χ3n) is 3.97. The fraction of sp³-hybridized carbons (Fsp3) is 0.190. The van der Waals surface area contributed by atoms with E-state index in [1.54, 1.807) is 19.1 Å². The molecule has 1 N–H and O–H groups in total. The number of halogens is 2. The first-order chi connectivity index (χ1) is 14.9. The summed E-state index contributed by atoms with van der Waals surface area (Å²) in [6.45, 7) is 1.30. The van der Waals surface area contributed by atoms with Gasteiger partial charge in [0, 0.05) is 5.69 Å². The van der Waals surface area contributed by atoms with Gasteiger partial charge in [0.25, 0.3) is 5.91 Å². The number of aromatic nitrogens is 1. The maximum Gasteiger partial charge on any atom is 0.350 e. The lowest BCUT2D eigenvalue weighted by Gasteiger charge is -2.08. The number of thiazole rings is 1. The molecule has 3 rings (SSSR count). The quantitative estimate of drug-likeness (QED) is 0.489. The van der Waals surface area contributed by atoms with E-state index in [2.05, 4.69) is 10.3 Å². The Labute approximate surface area is 186 Å². The van der Waals surface area contributed by atoms with E-state index < -0.39 is 18.5 Å². The van der Waals surface area contributed by atoms with E-state index in [0.717, 1.165) is 11.3 Å². The van der Waals surface area contributed by atoms with Crippen LogP contribution in [-0.2, 0) is 16.1 Å². The van der Waals surface area contributed by atoms with Gasteiger partial charge in [0.2, 0.25) is 0 Å². The maximum atomic E-state index is 12.9. The summed E-state index contributed by atoms with van der Waals surface area (Å²) in [5, 5.41) is 3.48. The smallest absolute Gasteiger partial charge is 0.350 e. The molecule has 0 aliphatic heterocycles. The molecule has 1 amide bonds. The summed E-state index contributed by atoms with van der Waals surface area (Å²) in [7, 11) is 1.49. The molecule has 0 unspecified atom stereocenters. The molecule has 10 heteroatoms. The molecule has 0 saturated carbocycles. The fourth-order valence-corrected chi connectivity index (χ4v) is 3.65. The number of benzene rings is 2. The van der Waals surface area contributed by atoms with Crippen molar-refractivity contribution in [1.82, 2.24) is 4.98 Å². The van der Waals surface area contributed by atoms with Crippen molar-refractivity contribution in [2.24, 2.45) is 0 Å². The van der Waals surface area contributed by atoms with Gasteiger partial charge in [-0.25, -0.2) is 14.2 Å². The first kappa shape index (κ1) is 22.5. The number of rotatable bonds is 8. The zero-order chi connectivity index (χ0) is 22.4. The molecule has 0 radical (unpaired) electrons. The minimum Gasteiger partial charge on any atom is -0.495 e. The molecule has 7 nitrogen and oxygen atoms in total. The number of nitrogens with one attached hydrogen (secondary N) is 1. The number of anilines is 1. The van der Waals surface area contributed by atoms with E-state index in [0.29, 0.717) is 32.9 Å². The predicted octanol–water partition coefficient (Wildman–Crippen LogP) is 4.63. The van der Waals surface area contributed by atoms with Crippen LogP contribution in [0.1, 0.15) is 20.4 Å². The first-order valence-corrected chi connectivity index (χ1v) is 10.2. The largest absolute Gasteiger partial charge is 0.495 e.